The molecule has 6 heteroatoms. The molecule has 0 unspecified atom stereocenters. The first-order chi connectivity index (χ1) is 9.38. The molecule has 0 aliphatic rings. The molecule has 0 radical (unpaired) electrons. The molecule has 1 rings (SSSR count). The number of nitrogens with one attached hydrogen (secondary N) is 1. The first-order valence-electron chi connectivity index (χ1n) is 6.74. The molecule has 4 nitrogen and oxygen atoms in total. The van der Waals surface area contributed by atoms with Crippen molar-refractivity contribution < 1.29 is 9.53 Å². The van der Waals surface area contributed by atoms with Crippen LogP contribution in [0.15, 0.2) is 4.90 Å². The summed E-state index contributed by atoms with van der Waals surface area (Å²) in [5.74, 6) is 0.0667. The summed E-state index contributed by atoms with van der Waals surface area (Å²) in [6.45, 7) is 9.15. The average Bonchev–Trinajstić information content (AvgIpc) is 2.69. The van der Waals surface area contributed by atoms with Crippen LogP contribution >= 0.6 is 23.1 Å². The van der Waals surface area contributed by atoms with Crippen molar-refractivity contribution in [1.82, 2.24) is 0 Å². The maximum absolute atomic E-state index is 12.1. The second kappa shape index (κ2) is 7.90. The Morgan fingerprint density at radius 1 is 1.40 bits per heavy atom. The highest BCUT2D eigenvalue weighted by atomic mass is 32.2. The third kappa shape index (κ3) is 4.40. The second-order valence-corrected chi connectivity index (χ2v) is 6.91. The fourth-order valence-electron chi connectivity index (χ4n) is 1.65. The van der Waals surface area contributed by atoms with Gasteiger partial charge in [-0.3, -0.25) is 4.79 Å². The number of Topliss-reactive ketones (excluding diaryl/α,β-unsaturated/α-hetero) is 1. The lowest BCUT2D eigenvalue weighted by Crippen LogP contribution is -2.12. The normalized spacial score (nSPS) is 11.3. The van der Waals surface area contributed by atoms with Crippen molar-refractivity contribution in [3.63, 3.8) is 0 Å². The lowest BCUT2D eigenvalue weighted by molar-refractivity contribution is 0.0870. The van der Waals surface area contributed by atoms with Crippen LogP contribution in [0.25, 0.3) is 0 Å². The first-order valence-corrected chi connectivity index (χ1v) is 8.78. The van der Waals surface area contributed by atoms with Crippen LogP contribution in [0.5, 0.6) is 0 Å². The van der Waals surface area contributed by atoms with Gasteiger partial charge in [-0.1, -0.05) is 13.8 Å². The molecule has 1 aromatic rings. The van der Waals surface area contributed by atoms with Gasteiger partial charge >= 0.3 is 0 Å². The maximum Gasteiger partial charge on any atom is 0.177 e. The van der Waals surface area contributed by atoms with Gasteiger partial charge in [0.15, 0.2) is 5.78 Å². The van der Waals surface area contributed by atoms with E-state index in [9.17, 15) is 4.79 Å². The number of thioether (sulfide) groups is 1. The zero-order valence-corrected chi connectivity index (χ0v) is 14.4. The number of hydrogen-bond donors (Lipinski definition) is 2. The lowest BCUT2D eigenvalue weighted by Gasteiger charge is -2.09. The van der Waals surface area contributed by atoms with E-state index in [0.29, 0.717) is 23.7 Å². The molecule has 0 fully saturated rings. The van der Waals surface area contributed by atoms with E-state index in [1.165, 1.54) is 11.3 Å². The van der Waals surface area contributed by atoms with Crippen LogP contribution in [-0.4, -0.2) is 31.3 Å². The highest BCUT2D eigenvalue weighted by molar-refractivity contribution is 7.99. The van der Waals surface area contributed by atoms with Crippen molar-refractivity contribution in [2.75, 3.05) is 30.5 Å². The van der Waals surface area contributed by atoms with Gasteiger partial charge in [-0.05, 0) is 20.1 Å². The van der Waals surface area contributed by atoms with Gasteiger partial charge in [0.1, 0.15) is 5.00 Å². The summed E-state index contributed by atoms with van der Waals surface area (Å²) in [6.07, 6.45) is 2.20. The summed E-state index contributed by atoms with van der Waals surface area (Å²) in [6, 6.07) is 0. The summed E-state index contributed by atoms with van der Waals surface area (Å²) in [5.41, 5.74) is 6.71. The molecule has 0 aromatic carbocycles. The molecule has 0 amide bonds. The van der Waals surface area contributed by atoms with Crippen molar-refractivity contribution in [3.8, 4) is 0 Å². The Morgan fingerprint density at radius 2 is 2.05 bits per heavy atom. The van der Waals surface area contributed by atoms with Gasteiger partial charge in [0.2, 0.25) is 0 Å². The van der Waals surface area contributed by atoms with Crippen LogP contribution in [0.2, 0.25) is 0 Å². The van der Waals surface area contributed by atoms with Crippen LogP contribution < -0.4 is 11.1 Å². The molecule has 114 valence electrons. The van der Waals surface area contributed by atoms with Crippen molar-refractivity contribution in [2.24, 2.45) is 5.92 Å². The molecule has 0 aliphatic carbocycles. The number of anilines is 2. The minimum absolute atomic E-state index is 0.0391. The summed E-state index contributed by atoms with van der Waals surface area (Å²) in [5, 5.41) is 4.28. The Bertz CT molecular complexity index is 456. The standard InChI is InChI=1S/C14H24N2O2S2/c1-8(2)11(17)12-10(15)13(19-5)14(20-12)16-6-7-18-9(3)4/h8-9,16H,6-7,15H2,1-5H3. The molecular weight excluding hydrogens is 292 g/mol. The van der Waals surface area contributed by atoms with E-state index in [-0.39, 0.29) is 17.8 Å². The van der Waals surface area contributed by atoms with Crippen LogP contribution in [0, 0.1) is 5.92 Å². The Hall–Kier alpha value is -0.720. The molecule has 0 saturated heterocycles. The van der Waals surface area contributed by atoms with Crippen LogP contribution in [-0.2, 0) is 4.74 Å². The topological polar surface area (TPSA) is 64.3 Å². The van der Waals surface area contributed by atoms with E-state index in [1.54, 1.807) is 11.8 Å². The van der Waals surface area contributed by atoms with Crippen LogP contribution in [0.3, 0.4) is 0 Å². The smallest absolute Gasteiger partial charge is 0.177 e. The zero-order valence-electron chi connectivity index (χ0n) is 12.8. The Kier molecular flexibility index (Phi) is 6.85. The van der Waals surface area contributed by atoms with E-state index < -0.39 is 0 Å². The van der Waals surface area contributed by atoms with Crippen molar-refractivity contribution in [1.29, 1.82) is 0 Å². The van der Waals surface area contributed by atoms with Gasteiger partial charge in [0.05, 0.1) is 28.2 Å². The number of ether oxygens (including phenoxy) is 1. The lowest BCUT2D eigenvalue weighted by atomic mass is 10.1. The average molecular weight is 316 g/mol. The molecule has 0 saturated carbocycles. The first kappa shape index (κ1) is 17.3. The highest BCUT2D eigenvalue weighted by Gasteiger charge is 2.22. The fourth-order valence-corrected chi connectivity index (χ4v) is 3.80. The summed E-state index contributed by atoms with van der Waals surface area (Å²) in [4.78, 5) is 13.8. The van der Waals surface area contributed by atoms with Crippen LogP contribution in [0.1, 0.15) is 37.4 Å². The Balaban J connectivity index is 2.80. The summed E-state index contributed by atoms with van der Waals surface area (Å²) >= 11 is 3.01. The van der Waals surface area contributed by atoms with E-state index in [2.05, 4.69) is 5.32 Å². The molecule has 0 atom stereocenters. The minimum Gasteiger partial charge on any atom is -0.396 e. The fraction of sp³-hybridized carbons (Fsp3) is 0.643. The van der Waals surface area contributed by atoms with Crippen molar-refractivity contribution >= 4 is 39.6 Å². The second-order valence-electron chi connectivity index (χ2n) is 5.07. The number of nitrogen functional groups attached to an aromatic ring is 1. The number of nitrogens with two attached hydrogens (primary N) is 1. The predicted molar refractivity (Wildman–Crippen MR) is 89.3 cm³/mol. The van der Waals surface area contributed by atoms with Crippen LogP contribution in [0.4, 0.5) is 10.7 Å². The summed E-state index contributed by atoms with van der Waals surface area (Å²) in [7, 11) is 0. The molecule has 0 bridgehead atoms. The van der Waals surface area contributed by atoms with E-state index in [4.69, 9.17) is 10.5 Å². The minimum atomic E-state index is -0.0391. The molecule has 0 spiro atoms. The molecule has 1 aromatic heterocycles. The van der Waals surface area contributed by atoms with Gasteiger partial charge in [0, 0.05) is 12.5 Å². The molecule has 1 heterocycles. The van der Waals surface area contributed by atoms with Crippen molar-refractivity contribution in [3.05, 3.63) is 4.88 Å². The third-order valence-corrected chi connectivity index (χ3v) is 4.83. The maximum atomic E-state index is 12.1. The van der Waals surface area contributed by atoms with Gasteiger partial charge in [-0.15, -0.1) is 23.1 Å². The number of rotatable bonds is 8. The molecule has 0 aliphatic heterocycles. The largest absolute Gasteiger partial charge is 0.396 e. The van der Waals surface area contributed by atoms with E-state index >= 15 is 0 Å². The van der Waals surface area contributed by atoms with E-state index in [0.717, 1.165) is 9.90 Å². The van der Waals surface area contributed by atoms with Gasteiger partial charge < -0.3 is 15.8 Å². The molecular formula is C14H24N2O2S2. The SMILES string of the molecule is CSc1c(NCCOC(C)C)sc(C(=O)C(C)C)c1N. The highest BCUT2D eigenvalue weighted by Crippen LogP contribution is 2.42. The van der Waals surface area contributed by atoms with Gasteiger partial charge in [0.25, 0.3) is 0 Å². The van der Waals surface area contributed by atoms with Crippen molar-refractivity contribution in [2.45, 2.75) is 38.7 Å². The van der Waals surface area contributed by atoms with Gasteiger partial charge in [-0.25, -0.2) is 0 Å². The zero-order chi connectivity index (χ0) is 15.3. The Labute approximate surface area is 129 Å². The number of thiophene rings is 1. The van der Waals surface area contributed by atoms with E-state index in [1.807, 2.05) is 34.0 Å². The third-order valence-electron chi connectivity index (χ3n) is 2.69. The monoisotopic (exact) mass is 316 g/mol. The summed E-state index contributed by atoms with van der Waals surface area (Å²) < 4.78 is 5.50. The number of hydrogen-bond acceptors (Lipinski definition) is 6. The molecule has 3 N–H and O–H groups in total. The van der Waals surface area contributed by atoms with Gasteiger partial charge in [-0.2, -0.15) is 0 Å². The molecule has 20 heavy (non-hydrogen) atoms. The Morgan fingerprint density at radius 3 is 2.55 bits per heavy atom. The number of carbonyl (C=O) groups is 1. The number of ketones is 1. The quantitative estimate of drug-likeness (QED) is 0.435. The predicted octanol–water partition coefficient (Wildman–Crippen LogP) is 3.73. The number of carbonyl (C=O) groups excluding carboxylic acids is 1.